The largest absolute Gasteiger partial charge is 0.491 e. The van der Waals surface area contributed by atoms with Crippen molar-refractivity contribution in [1.29, 1.82) is 0 Å². The van der Waals surface area contributed by atoms with E-state index < -0.39 is 0 Å². The van der Waals surface area contributed by atoms with Crippen LogP contribution in [0.4, 0.5) is 0 Å². The summed E-state index contributed by atoms with van der Waals surface area (Å²) in [6, 6.07) is 17.0. The quantitative estimate of drug-likeness (QED) is 0.401. The topological polar surface area (TPSA) is 73.2 Å². The van der Waals surface area contributed by atoms with Crippen molar-refractivity contribution in [3.05, 3.63) is 60.4 Å². The van der Waals surface area contributed by atoms with Crippen molar-refractivity contribution in [1.82, 2.24) is 25.2 Å². The zero-order valence-electron chi connectivity index (χ0n) is 19.3. The molecule has 2 aromatic heterocycles. The number of hydrogen-bond acceptors (Lipinski definition) is 6. The third-order valence-electron chi connectivity index (χ3n) is 6.56. The van der Waals surface area contributed by atoms with Gasteiger partial charge in [-0.25, -0.2) is 9.97 Å². The molecule has 2 N–H and O–H groups in total. The van der Waals surface area contributed by atoms with Gasteiger partial charge in [-0.3, -0.25) is 4.57 Å². The maximum atomic E-state index is 5.74. The molecular weight excluding hydrogens is 414 g/mol. The molecule has 0 saturated carbocycles. The van der Waals surface area contributed by atoms with Crippen LogP contribution in [-0.4, -0.2) is 55.0 Å². The van der Waals surface area contributed by atoms with Crippen molar-refractivity contribution in [3.8, 4) is 11.6 Å². The predicted molar refractivity (Wildman–Crippen MR) is 131 cm³/mol. The highest BCUT2D eigenvalue weighted by molar-refractivity contribution is 5.84. The molecule has 1 fully saturated rings. The van der Waals surface area contributed by atoms with Gasteiger partial charge in [0, 0.05) is 24.6 Å². The van der Waals surface area contributed by atoms with E-state index in [1.807, 2.05) is 29.1 Å². The zero-order chi connectivity index (χ0) is 22.6. The van der Waals surface area contributed by atoms with Gasteiger partial charge >= 0.3 is 0 Å². The number of imidazole rings is 1. The zero-order valence-corrected chi connectivity index (χ0v) is 19.3. The minimum absolute atomic E-state index is 0.282. The van der Waals surface area contributed by atoms with Gasteiger partial charge in [-0.1, -0.05) is 18.2 Å². The summed E-state index contributed by atoms with van der Waals surface area (Å²) < 4.78 is 12.8. The van der Waals surface area contributed by atoms with Crippen LogP contribution in [-0.2, 0) is 4.74 Å². The third-order valence-corrected chi connectivity index (χ3v) is 6.56. The van der Waals surface area contributed by atoms with Gasteiger partial charge in [0.25, 0.3) is 0 Å². The van der Waals surface area contributed by atoms with E-state index >= 15 is 0 Å². The highest BCUT2D eigenvalue weighted by Gasteiger charge is 2.25. The van der Waals surface area contributed by atoms with Crippen LogP contribution < -0.4 is 15.4 Å². The van der Waals surface area contributed by atoms with E-state index in [9.17, 15) is 0 Å². The lowest BCUT2D eigenvalue weighted by atomic mass is 9.85. The van der Waals surface area contributed by atoms with Crippen molar-refractivity contribution in [2.45, 2.75) is 18.9 Å². The van der Waals surface area contributed by atoms with Crippen molar-refractivity contribution in [2.75, 3.05) is 40.5 Å². The number of nitrogens with zero attached hydrogens (tertiary/aromatic N) is 3. The smallest absolute Gasteiger partial charge is 0.139 e. The van der Waals surface area contributed by atoms with Gasteiger partial charge in [0.15, 0.2) is 0 Å². The molecule has 0 bridgehead atoms. The number of nitrogens with one attached hydrogen (secondary N) is 2. The summed E-state index contributed by atoms with van der Waals surface area (Å²) in [6.45, 7) is 3.22. The Morgan fingerprint density at radius 3 is 2.82 bits per heavy atom. The lowest BCUT2D eigenvalue weighted by molar-refractivity contribution is 0.146. The monoisotopic (exact) mass is 445 g/mol. The maximum Gasteiger partial charge on any atom is 0.139 e. The molecule has 1 aliphatic heterocycles. The Labute approximate surface area is 194 Å². The molecule has 7 nitrogen and oxygen atoms in total. The number of hydrogen-bond donors (Lipinski definition) is 2. The molecule has 4 aromatic rings. The van der Waals surface area contributed by atoms with Gasteiger partial charge in [-0.05, 0) is 68.7 Å². The molecule has 0 spiro atoms. The van der Waals surface area contributed by atoms with E-state index in [0.717, 1.165) is 46.6 Å². The lowest BCUT2D eigenvalue weighted by Crippen LogP contribution is -2.35. The fourth-order valence-electron chi connectivity index (χ4n) is 4.88. The molecule has 0 amide bonds. The Morgan fingerprint density at radius 2 is 2.00 bits per heavy atom. The van der Waals surface area contributed by atoms with Gasteiger partial charge in [-0.2, -0.15) is 0 Å². The van der Waals surface area contributed by atoms with E-state index in [2.05, 4.69) is 53.0 Å². The summed E-state index contributed by atoms with van der Waals surface area (Å²) in [5.74, 6) is 2.25. The number of piperidine rings is 1. The van der Waals surface area contributed by atoms with Crippen LogP contribution in [0.2, 0.25) is 0 Å². The van der Waals surface area contributed by atoms with Crippen LogP contribution in [0, 0.1) is 5.92 Å². The highest BCUT2D eigenvalue weighted by atomic mass is 16.5. The first-order valence-corrected chi connectivity index (χ1v) is 11.7. The fourth-order valence-corrected chi connectivity index (χ4v) is 4.88. The molecule has 1 unspecified atom stereocenters. The average Bonchev–Trinajstić information content (AvgIpc) is 3.28. The van der Waals surface area contributed by atoms with Gasteiger partial charge in [0.05, 0.1) is 23.2 Å². The maximum absolute atomic E-state index is 5.74. The number of benzene rings is 2. The lowest BCUT2D eigenvalue weighted by Gasteiger charge is -2.31. The van der Waals surface area contributed by atoms with Crippen LogP contribution >= 0.6 is 0 Å². The number of methoxy groups -OCH3 is 1. The third kappa shape index (κ3) is 4.44. The van der Waals surface area contributed by atoms with Crippen LogP contribution in [0.5, 0.6) is 5.75 Å². The number of para-hydroxylation sites is 1. The minimum Gasteiger partial charge on any atom is -0.491 e. The molecular formula is C26H31N5O2. The molecule has 1 aliphatic rings. The van der Waals surface area contributed by atoms with Gasteiger partial charge in [0.1, 0.15) is 24.5 Å². The Kier molecular flexibility index (Phi) is 6.53. The molecule has 2 aromatic carbocycles. The SMILES string of the molecule is CNC(c1cccc2ccc(-n3cnc4cc(OCCOC)ccc43)nc12)C1CCNCC1. The fraction of sp³-hybridized carbons (Fsp3) is 0.385. The van der Waals surface area contributed by atoms with Crippen LogP contribution in [0.3, 0.4) is 0 Å². The van der Waals surface area contributed by atoms with E-state index in [0.29, 0.717) is 19.1 Å². The molecule has 0 aliphatic carbocycles. The number of fused-ring (bicyclic) bond motifs is 2. The summed E-state index contributed by atoms with van der Waals surface area (Å²) in [5, 5.41) is 8.21. The minimum atomic E-state index is 0.282. The normalized spacial score (nSPS) is 15.8. The summed E-state index contributed by atoms with van der Waals surface area (Å²) in [7, 11) is 3.73. The molecule has 7 heteroatoms. The second kappa shape index (κ2) is 9.87. The van der Waals surface area contributed by atoms with Crippen molar-refractivity contribution in [3.63, 3.8) is 0 Å². The first-order chi connectivity index (χ1) is 16.3. The Bertz CT molecular complexity index is 1230. The molecule has 5 rings (SSSR count). The average molecular weight is 446 g/mol. The summed E-state index contributed by atoms with van der Waals surface area (Å²) in [4.78, 5) is 9.74. The van der Waals surface area contributed by atoms with E-state index in [-0.39, 0.29) is 6.04 Å². The van der Waals surface area contributed by atoms with Crippen molar-refractivity contribution in [2.24, 2.45) is 5.92 Å². The summed E-state index contributed by atoms with van der Waals surface area (Å²) in [5.41, 5.74) is 4.20. The molecule has 33 heavy (non-hydrogen) atoms. The van der Waals surface area contributed by atoms with Gasteiger partial charge < -0.3 is 20.1 Å². The Hall–Kier alpha value is -3.00. The second-order valence-corrected chi connectivity index (χ2v) is 8.55. The standard InChI is InChI=1S/C26H31N5O2/c1-27-25(19-10-12-28-13-11-19)21-5-3-4-18-6-9-24(30-26(18)21)31-17-29-22-16-20(7-8-23(22)31)33-15-14-32-2/h3-9,16-17,19,25,27-28H,10-15H2,1-2H3. The number of pyridine rings is 1. The van der Waals surface area contributed by atoms with Crippen LogP contribution in [0.15, 0.2) is 54.9 Å². The molecule has 172 valence electrons. The predicted octanol–water partition coefficient (Wildman–Crippen LogP) is 3.86. The summed E-state index contributed by atoms with van der Waals surface area (Å²) >= 11 is 0. The molecule has 0 radical (unpaired) electrons. The highest BCUT2D eigenvalue weighted by Crippen LogP contribution is 2.33. The number of rotatable bonds is 8. The Balaban J connectivity index is 1.51. The van der Waals surface area contributed by atoms with Gasteiger partial charge in [-0.15, -0.1) is 0 Å². The van der Waals surface area contributed by atoms with Gasteiger partial charge in [0.2, 0.25) is 0 Å². The van der Waals surface area contributed by atoms with Crippen molar-refractivity contribution < 1.29 is 9.47 Å². The first-order valence-electron chi connectivity index (χ1n) is 11.7. The number of aromatic nitrogens is 3. The van der Waals surface area contributed by atoms with E-state index in [4.69, 9.17) is 14.5 Å². The summed E-state index contributed by atoms with van der Waals surface area (Å²) in [6.07, 6.45) is 4.17. The molecule has 1 saturated heterocycles. The molecule has 1 atom stereocenters. The van der Waals surface area contributed by atoms with E-state index in [1.54, 1.807) is 7.11 Å². The van der Waals surface area contributed by atoms with Crippen LogP contribution in [0.1, 0.15) is 24.4 Å². The first kappa shape index (κ1) is 21.8. The van der Waals surface area contributed by atoms with Crippen LogP contribution in [0.25, 0.3) is 27.8 Å². The van der Waals surface area contributed by atoms with E-state index in [1.165, 1.54) is 18.4 Å². The molecule has 3 heterocycles. The Morgan fingerprint density at radius 1 is 1.12 bits per heavy atom. The number of ether oxygens (including phenoxy) is 2. The second-order valence-electron chi connectivity index (χ2n) is 8.55. The van der Waals surface area contributed by atoms with Crippen molar-refractivity contribution >= 4 is 21.9 Å².